The van der Waals surface area contributed by atoms with Crippen LogP contribution in [0.5, 0.6) is 0 Å². The Hall–Kier alpha value is -1.21. The van der Waals surface area contributed by atoms with Crippen LogP contribution in [0.1, 0.15) is 31.2 Å². The summed E-state index contributed by atoms with van der Waals surface area (Å²) in [7, 11) is -4.43. The van der Waals surface area contributed by atoms with E-state index in [9.17, 15) is 8.42 Å². The van der Waals surface area contributed by atoms with Gasteiger partial charge in [0.05, 0.1) is 6.10 Å². The first-order valence-electron chi connectivity index (χ1n) is 7.12. The van der Waals surface area contributed by atoms with Gasteiger partial charge in [0.25, 0.3) is 0 Å². The van der Waals surface area contributed by atoms with Gasteiger partial charge in [-0.15, -0.1) is 0 Å². The van der Waals surface area contributed by atoms with Gasteiger partial charge in [0.2, 0.25) is 0 Å². The molecule has 1 aliphatic carbocycles. The van der Waals surface area contributed by atoms with Crippen LogP contribution in [0.2, 0.25) is 0 Å². The first-order valence-corrected chi connectivity index (χ1v) is 8.49. The van der Waals surface area contributed by atoms with Crippen LogP contribution in [-0.2, 0) is 21.1 Å². The maximum atomic E-state index is 11.0. The van der Waals surface area contributed by atoms with E-state index >= 15 is 0 Å². The van der Waals surface area contributed by atoms with E-state index < -0.39 is 16.5 Å². The van der Waals surface area contributed by atoms with E-state index in [1.54, 1.807) is 0 Å². The Morgan fingerprint density at radius 3 is 2.48 bits per heavy atom. The Morgan fingerprint density at radius 1 is 1.14 bits per heavy atom. The molecule has 0 unspecified atom stereocenters. The van der Waals surface area contributed by atoms with E-state index in [1.807, 2.05) is 36.4 Å². The van der Waals surface area contributed by atoms with Gasteiger partial charge in [0.15, 0.2) is 0 Å². The molecule has 21 heavy (non-hydrogen) atoms. The maximum Gasteiger partial charge on any atom is 0.397 e. The van der Waals surface area contributed by atoms with Crippen LogP contribution in [0.15, 0.2) is 42.5 Å². The fourth-order valence-corrected chi connectivity index (χ4v) is 3.05. The van der Waals surface area contributed by atoms with E-state index in [1.165, 1.54) is 0 Å². The molecule has 116 valence electrons. The van der Waals surface area contributed by atoms with Crippen molar-refractivity contribution in [2.24, 2.45) is 0 Å². The van der Waals surface area contributed by atoms with E-state index in [2.05, 4.69) is 11.4 Å². The number of allylic oxidation sites excluding steroid dienone is 2. The highest BCUT2D eigenvalue weighted by Crippen LogP contribution is 2.18. The van der Waals surface area contributed by atoms with E-state index in [4.69, 9.17) is 8.74 Å². The summed E-state index contributed by atoms with van der Waals surface area (Å²) in [5.41, 5.74) is 1.13. The fourth-order valence-electron chi connectivity index (χ4n) is 2.51. The summed E-state index contributed by atoms with van der Waals surface area (Å²) in [6.45, 7) is 0.639. The van der Waals surface area contributed by atoms with Crippen LogP contribution in [-0.4, -0.2) is 25.1 Å². The minimum Gasteiger partial charge on any atom is -0.307 e. The molecule has 0 amide bonds. The van der Waals surface area contributed by atoms with E-state index in [0.29, 0.717) is 13.0 Å². The molecular weight excluding hydrogens is 290 g/mol. The normalized spacial score (nSPS) is 25.0. The monoisotopic (exact) mass is 311 g/mol. The molecular formula is C15H21NO4S. The lowest BCUT2D eigenvalue weighted by Gasteiger charge is -2.27. The second-order valence-corrected chi connectivity index (χ2v) is 6.21. The summed E-state index contributed by atoms with van der Waals surface area (Å²) in [6.07, 6.45) is 6.50. The Morgan fingerprint density at radius 2 is 1.81 bits per heavy atom. The average molecular weight is 311 g/mol. The minimum absolute atomic E-state index is 0.114. The number of rotatable bonds is 5. The van der Waals surface area contributed by atoms with Crippen molar-refractivity contribution in [1.82, 2.24) is 5.32 Å². The van der Waals surface area contributed by atoms with Gasteiger partial charge in [0, 0.05) is 12.6 Å². The second-order valence-electron chi connectivity index (χ2n) is 5.16. The van der Waals surface area contributed by atoms with Crippen LogP contribution >= 0.6 is 0 Å². The van der Waals surface area contributed by atoms with E-state index in [-0.39, 0.29) is 6.04 Å². The Balaban J connectivity index is 2.01. The molecule has 2 N–H and O–H groups in total. The third-order valence-electron chi connectivity index (χ3n) is 3.53. The van der Waals surface area contributed by atoms with Gasteiger partial charge in [-0.25, -0.2) is 4.18 Å². The van der Waals surface area contributed by atoms with Crippen LogP contribution in [0, 0.1) is 0 Å². The number of hydrogen-bond donors (Lipinski definition) is 2. The smallest absolute Gasteiger partial charge is 0.307 e. The standard InChI is InChI=1S/C15H21NO4S/c17-21(18,19)20-15-11-7-2-1-6-10-14(15)16-12-13-8-4-3-5-9-13/h1-5,8-9,14-16H,6-7,10-12H2,(H,17,18,19)/b2-1-/t14-,15-/m1/s1. The molecule has 0 aliphatic heterocycles. The fraction of sp³-hybridized carbons (Fsp3) is 0.467. The maximum absolute atomic E-state index is 11.0. The summed E-state index contributed by atoms with van der Waals surface area (Å²) >= 11 is 0. The van der Waals surface area contributed by atoms with Crippen LogP contribution in [0.25, 0.3) is 0 Å². The molecule has 1 aromatic carbocycles. The van der Waals surface area contributed by atoms with Gasteiger partial charge in [-0.05, 0) is 31.2 Å². The first-order chi connectivity index (χ1) is 10.0. The summed E-state index contributed by atoms with van der Waals surface area (Å²) in [6, 6.07) is 9.78. The zero-order valence-corrected chi connectivity index (χ0v) is 12.6. The van der Waals surface area contributed by atoms with Crippen LogP contribution in [0.4, 0.5) is 0 Å². The van der Waals surface area contributed by atoms with Gasteiger partial charge in [-0.1, -0.05) is 42.5 Å². The van der Waals surface area contributed by atoms with Crippen molar-refractivity contribution in [2.45, 2.75) is 44.4 Å². The molecule has 0 radical (unpaired) electrons. The van der Waals surface area contributed by atoms with Crippen molar-refractivity contribution in [1.29, 1.82) is 0 Å². The topological polar surface area (TPSA) is 75.6 Å². The van der Waals surface area contributed by atoms with Crippen LogP contribution < -0.4 is 5.32 Å². The Bertz CT molecular complexity index is 556. The van der Waals surface area contributed by atoms with Gasteiger partial charge >= 0.3 is 10.4 Å². The van der Waals surface area contributed by atoms with Gasteiger partial charge in [-0.3, -0.25) is 4.55 Å². The van der Waals surface area contributed by atoms with Crippen molar-refractivity contribution in [3.8, 4) is 0 Å². The largest absolute Gasteiger partial charge is 0.397 e. The lowest BCUT2D eigenvalue weighted by molar-refractivity contribution is 0.126. The molecule has 6 heteroatoms. The third kappa shape index (κ3) is 5.97. The highest BCUT2D eigenvalue weighted by molar-refractivity contribution is 7.80. The molecule has 0 aromatic heterocycles. The molecule has 0 saturated carbocycles. The number of nitrogens with one attached hydrogen (secondary N) is 1. The summed E-state index contributed by atoms with van der Waals surface area (Å²) in [5, 5.41) is 3.34. The molecule has 0 fully saturated rings. The quantitative estimate of drug-likeness (QED) is 0.645. The van der Waals surface area contributed by atoms with Crippen LogP contribution in [0.3, 0.4) is 0 Å². The molecule has 0 heterocycles. The lowest BCUT2D eigenvalue weighted by atomic mass is 9.98. The molecule has 1 aliphatic rings. The predicted octanol–water partition coefficient (Wildman–Crippen LogP) is 2.46. The van der Waals surface area contributed by atoms with Crippen molar-refractivity contribution < 1.29 is 17.2 Å². The number of benzene rings is 1. The highest BCUT2D eigenvalue weighted by Gasteiger charge is 2.26. The van der Waals surface area contributed by atoms with Crippen molar-refractivity contribution >= 4 is 10.4 Å². The van der Waals surface area contributed by atoms with E-state index in [0.717, 1.165) is 24.8 Å². The summed E-state index contributed by atoms with van der Waals surface area (Å²) in [5.74, 6) is 0. The zero-order valence-electron chi connectivity index (χ0n) is 11.8. The molecule has 5 nitrogen and oxygen atoms in total. The van der Waals surface area contributed by atoms with Crippen molar-refractivity contribution in [3.05, 3.63) is 48.0 Å². The summed E-state index contributed by atoms with van der Waals surface area (Å²) < 4.78 is 35.8. The minimum atomic E-state index is -4.43. The average Bonchev–Trinajstić information content (AvgIpc) is 2.41. The Labute approximate surface area is 126 Å². The zero-order chi connectivity index (χ0) is 15.1. The van der Waals surface area contributed by atoms with Crippen molar-refractivity contribution in [2.75, 3.05) is 0 Å². The highest BCUT2D eigenvalue weighted by atomic mass is 32.3. The first kappa shape index (κ1) is 16.2. The van der Waals surface area contributed by atoms with Gasteiger partial charge < -0.3 is 5.32 Å². The lowest BCUT2D eigenvalue weighted by Crippen LogP contribution is -2.42. The molecule has 2 atom stereocenters. The molecule has 0 spiro atoms. The predicted molar refractivity (Wildman–Crippen MR) is 81.1 cm³/mol. The molecule has 2 rings (SSSR count). The van der Waals surface area contributed by atoms with Gasteiger partial charge in [-0.2, -0.15) is 8.42 Å². The molecule has 1 aromatic rings. The second kappa shape index (κ2) is 7.70. The third-order valence-corrected chi connectivity index (χ3v) is 4.02. The molecule has 0 bridgehead atoms. The SMILES string of the molecule is O=S(=O)(O)O[C@@H]1CC/C=C\CC[C@H]1NCc1ccccc1. The molecule has 0 saturated heterocycles. The number of hydrogen-bond acceptors (Lipinski definition) is 4. The Kier molecular flexibility index (Phi) is 5.93. The van der Waals surface area contributed by atoms with Gasteiger partial charge in [0.1, 0.15) is 0 Å². The summed E-state index contributed by atoms with van der Waals surface area (Å²) in [4.78, 5) is 0. The van der Waals surface area contributed by atoms with Crippen molar-refractivity contribution in [3.63, 3.8) is 0 Å².